The van der Waals surface area contributed by atoms with Gasteiger partial charge in [-0.1, -0.05) is 29.8 Å². The van der Waals surface area contributed by atoms with Crippen molar-refractivity contribution in [1.29, 1.82) is 0 Å². The summed E-state index contributed by atoms with van der Waals surface area (Å²) in [4.78, 5) is 11.6. The summed E-state index contributed by atoms with van der Waals surface area (Å²) in [5, 5.41) is 0.600. The first-order chi connectivity index (χ1) is 7.59. The fraction of sp³-hybridized carbons (Fsp3) is 0.0833. The second-order valence-corrected chi connectivity index (χ2v) is 3.96. The van der Waals surface area contributed by atoms with Crippen molar-refractivity contribution in [3.8, 4) is 11.3 Å². The molecule has 0 radical (unpaired) electrons. The Morgan fingerprint density at radius 2 is 1.94 bits per heavy atom. The van der Waals surface area contributed by atoms with Gasteiger partial charge in [0.05, 0.1) is 5.69 Å². The Hall–Kier alpha value is -1.74. The van der Waals surface area contributed by atoms with Crippen LogP contribution in [0.25, 0.3) is 11.3 Å². The number of anilines is 1. The van der Waals surface area contributed by atoms with Crippen LogP contribution in [0.4, 0.5) is 5.69 Å². The van der Waals surface area contributed by atoms with Crippen molar-refractivity contribution in [2.45, 2.75) is 0 Å². The Morgan fingerprint density at radius 3 is 2.62 bits per heavy atom. The van der Waals surface area contributed by atoms with E-state index in [1.807, 2.05) is 18.2 Å². The van der Waals surface area contributed by atoms with E-state index in [1.165, 1.54) is 10.6 Å². The third kappa shape index (κ3) is 1.82. The highest BCUT2D eigenvalue weighted by molar-refractivity contribution is 6.33. The summed E-state index contributed by atoms with van der Waals surface area (Å²) >= 11 is 6.08. The molecular formula is C12H11ClN2O. The Bertz CT molecular complexity index is 590. The summed E-state index contributed by atoms with van der Waals surface area (Å²) in [6.45, 7) is 0. The van der Waals surface area contributed by atoms with E-state index in [0.29, 0.717) is 10.7 Å². The Kier molecular flexibility index (Phi) is 2.71. The van der Waals surface area contributed by atoms with Gasteiger partial charge in [0.15, 0.2) is 0 Å². The highest BCUT2D eigenvalue weighted by Gasteiger charge is 2.07. The third-order valence-corrected chi connectivity index (χ3v) is 2.76. The maximum Gasteiger partial charge on any atom is 0.252 e. The van der Waals surface area contributed by atoms with Gasteiger partial charge in [0.25, 0.3) is 5.56 Å². The SMILES string of the molecule is Cn1c(-c2ccccc2Cl)cc(N)cc1=O. The van der Waals surface area contributed by atoms with E-state index in [-0.39, 0.29) is 5.56 Å². The number of halogens is 1. The van der Waals surface area contributed by atoms with Gasteiger partial charge >= 0.3 is 0 Å². The molecule has 0 saturated carbocycles. The van der Waals surface area contributed by atoms with Crippen LogP contribution in [0.15, 0.2) is 41.2 Å². The Balaban J connectivity index is 2.74. The first-order valence-corrected chi connectivity index (χ1v) is 5.19. The van der Waals surface area contributed by atoms with Gasteiger partial charge in [0.2, 0.25) is 0 Å². The van der Waals surface area contributed by atoms with Crippen LogP contribution in [0.1, 0.15) is 0 Å². The molecular weight excluding hydrogens is 224 g/mol. The van der Waals surface area contributed by atoms with Crippen molar-refractivity contribution >= 4 is 17.3 Å². The highest BCUT2D eigenvalue weighted by atomic mass is 35.5. The average Bonchev–Trinajstić information content (AvgIpc) is 2.24. The largest absolute Gasteiger partial charge is 0.399 e. The van der Waals surface area contributed by atoms with E-state index >= 15 is 0 Å². The lowest BCUT2D eigenvalue weighted by molar-refractivity contribution is 0.872. The smallest absolute Gasteiger partial charge is 0.252 e. The minimum absolute atomic E-state index is 0.144. The molecule has 0 unspecified atom stereocenters. The van der Waals surface area contributed by atoms with Crippen molar-refractivity contribution in [2.75, 3.05) is 5.73 Å². The molecule has 1 aromatic heterocycles. The van der Waals surface area contributed by atoms with Gasteiger partial charge in [0, 0.05) is 29.4 Å². The molecule has 2 N–H and O–H groups in total. The maximum atomic E-state index is 11.6. The van der Waals surface area contributed by atoms with E-state index in [0.717, 1.165) is 11.3 Å². The van der Waals surface area contributed by atoms with Crippen molar-refractivity contribution < 1.29 is 0 Å². The molecule has 0 aliphatic heterocycles. The lowest BCUT2D eigenvalue weighted by Gasteiger charge is -2.10. The van der Waals surface area contributed by atoms with Crippen LogP contribution < -0.4 is 11.3 Å². The third-order valence-electron chi connectivity index (χ3n) is 2.44. The minimum Gasteiger partial charge on any atom is -0.399 e. The average molecular weight is 235 g/mol. The fourth-order valence-electron chi connectivity index (χ4n) is 1.58. The molecule has 82 valence electrons. The zero-order valence-corrected chi connectivity index (χ0v) is 9.53. The molecule has 2 aromatic rings. The second kappa shape index (κ2) is 4.02. The van der Waals surface area contributed by atoms with Crippen molar-refractivity contribution in [3.63, 3.8) is 0 Å². The summed E-state index contributed by atoms with van der Waals surface area (Å²) < 4.78 is 1.53. The van der Waals surface area contributed by atoms with Gasteiger partial charge in [-0.2, -0.15) is 0 Å². The molecule has 1 heterocycles. The summed E-state index contributed by atoms with van der Waals surface area (Å²) in [6.07, 6.45) is 0. The standard InChI is InChI=1S/C12H11ClN2O/c1-15-11(6-8(14)7-12(15)16)9-4-2-3-5-10(9)13/h2-7H,14H2,1H3. The van der Waals surface area contributed by atoms with E-state index in [1.54, 1.807) is 19.2 Å². The van der Waals surface area contributed by atoms with Crippen LogP contribution >= 0.6 is 11.6 Å². The van der Waals surface area contributed by atoms with E-state index in [2.05, 4.69) is 0 Å². The van der Waals surface area contributed by atoms with Gasteiger partial charge in [-0.3, -0.25) is 4.79 Å². The fourth-order valence-corrected chi connectivity index (χ4v) is 1.81. The molecule has 1 aromatic carbocycles. The number of aromatic nitrogens is 1. The number of pyridine rings is 1. The molecule has 16 heavy (non-hydrogen) atoms. The monoisotopic (exact) mass is 234 g/mol. The van der Waals surface area contributed by atoms with Gasteiger partial charge < -0.3 is 10.3 Å². The van der Waals surface area contributed by atoms with Gasteiger partial charge in [-0.05, 0) is 12.1 Å². The number of nitrogens with zero attached hydrogens (tertiary/aromatic N) is 1. The van der Waals surface area contributed by atoms with E-state index < -0.39 is 0 Å². The molecule has 0 aliphatic carbocycles. The number of hydrogen-bond donors (Lipinski definition) is 1. The van der Waals surface area contributed by atoms with Crippen LogP contribution in [0.5, 0.6) is 0 Å². The van der Waals surface area contributed by atoms with E-state index in [9.17, 15) is 4.79 Å². The van der Waals surface area contributed by atoms with E-state index in [4.69, 9.17) is 17.3 Å². The van der Waals surface area contributed by atoms with Crippen LogP contribution in [0.2, 0.25) is 5.02 Å². The van der Waals surface area contributed by atoms with Crippen molar-refractivity contribution in [2.24, 2.45) is 7.05 Å². The maximum absolute atomic E-state index is 11.6. The van der Waals surface area contributed by atoms with Gasteiger partial charge in [0.1, 0.15) is 0 Å². The summed E-state index contributed by atoms with van der Waals surface area (Å²) in [7, 11) is 1.69. The quantitative estimate of drug-likeness (QED) is 0.823. The molecule has 0 fully saturated rings. The molecule has 0 spiro atoms. The van der Waals surface area contributed by atoms with Crippen LogP contribution in [0.3, 0.4) is 0 Å². The number of nitrogen functional groups attached to an aromatic ring is 1. The summed E-state index contributed by atoms with van der Waals surface area (Å²) in [5.74, 6) is 0. The molecule has 0 bridgehead atoms. The predicted octanol–water partition coefficient (Wildman–Crippen LogP) is 2.29. The Morgan fingerprint density at radius 1 is 1.25 bits per heavy atom. The molecule has 2 rings (SSSR count). The molecule has 0 amide bonds. The van der Waals surface area contributed by atoms with Crippen molar-refractivity contribution in [1.82, 2.24) is 4.57 Å². The summed E-state index contributed by atoms with van der Waals surface area (Å²) in [5.41, 5.74) is 7.48. The summed E-state index contributed by atoms with van der Waals surface area (Å²) in [6, 6.07) is 10.5. The zero-order valence-electron chi connectivity index (χ0n) is 8.77. The first-order valence-electron chi connectivity index (χ1n) is 4.81. The predicted molar refractivity (Wildman–Crippen MR) is 66.5 cm³/mol. The number of nitrogens with two attached hydrogens (primary N) is 1. The molecule has 3 nitrogen and oxygen atoms in total. The second-order valence-electron chi connectivity index (χ2n) is 3.55. The van der Waals surface area contributed by atoms with Crippen LogP contribution in [-0.4, -0.2) is 4.57 Å². The molecule has 0 atom stereocenters. The number of hydrogen-bond acceptors (Lipinski definition) is 2. The minimum atomic E-state index is -0.144. The van der Waals surface area contributed by atoms with Crippen LogP contribution in [-0.2, 0) is 7.05 Å². The molecule has 0 aliphatic rings. The topological polar surface area (TPSA) is 48.0 Å². The number of rotatable bonds is 1. The lowest BCUT2D eigenvalue weighted by Crippen LogP contribution is -2.18. The first kappa shape index (κ1) is 10.8. The van der Waals surface area contributed by atoms with Gasteiger partial charge in [-0.25, -0.2) is 0 Å². The molecule has 0 saturated heterocycles. The van der Waals surface area contributed by atoms with Crippen molar-refractivity contribution in [3.05, 3.63) is 51.8 Å². The van der Waals surface area contributed by atoms with Crippen LogP contribution in [0, 0.1) is 0 Å². The normalized spacial score (nSPS) is 10.4. The molecule has 4 heteroatoms. The zero-order chi connectivity index (χ0) is 11.7. The van der Waals surface area contributed by atoms with Gasteiger partial charge in [-0.15, -0.1) is 0 Å². The Labute approximate surface area is 98.1 Å². The number of benzene rings is 1. The lowest BCUT2D eigenvalue weighted by atomic mass is 10.1. The highest BCUT2D eigenvalue weighted by Crippen LogP contribution is 2.27.